The van der Waals surface area contributed by atoms with Crippen molar-refractivity contribution in [2.45, 2.75) is 30.2 Å². The van der Waals surface area contributed by atoms with Gasteiger partial charge in [0.1, 0.15) is 10.4 Å². The summed E-state index contributed by atoms with van der Waals surface area (Å²) in [5.41, 5.74) is -0.230. The van der Waals surface area contributed by atoms with Crippen LogP contribution in [-0.4, -0.2) is 35.3 Å². The summed E-state index contributed by atoms with van der Waals surface area (Å²) in [5, 5.41) is 9.48. The lowest BCUT2D eigenvalue weighted by Gasteiger charge is -2.31. The van der Waals surface area contributed by atoms with Gasteiger partial charge >= 0.3 is 0 Å². The first-order valence-corrected chi connectivity index (χ1v) is 9.11. The van der Waals surface area contributed by atoms with Crippen molar-refractivity contribution < 1.29 is 8.42 Å². The molecular weight excluding hydrogens is 324 g/mol. The number of nitriles is 1. The molecule has 1 fully saturated rings. The summed E-state index contributed by atoms with van der Waals surface area (Å²) in [5.74, 6) is 0.536. The Bertz CT molecular complexity index is 871. The molecule has 1 aliphatic carbocycles. The van der Waals surface area contributed by atoms with E-state index in [1.165, 1.54) is 19.4 Å². The molecule has 1 aromatic carbocycles. The summed E-state index contributed by atoms with van der Waals surface area (Å²) in [7, 11) is -2.38. The summed E-state index contributed by atoms with van der Waals surface area (Å²) in [6, 6.07) is 11.5. The molecule has 24 heavy (non-hydrogen) atoms. The SMILES string of the molecule is CN([C@](C)(C#N)C1CC1)S(=O)(=O)c1cnc(-c2ccccc2)nc1. The van der Waals surface area contributed by atoms with Crippen molar-refractivity contribution in [3.05, 3.63) is 42.7 Å². The highest BCUT2D eigenvalue weighted by Crippen LogP contribution is 2.43. The van der Waals surface area contributed by atoms with Gasteiger partial charge in [0.05, 0.1) is 18.5 Å². The van der Waals surface area contributed by atoms with Gasteiger partial charge in [-0.05, 0) is 25.7 Å². The number of benzene rings is 1. The van der Waals surface area contributed by atoms with Crippen LogP contribution in [0.3, 0.4) is 0 Å². The molecule has 0 bridgehead atoms. The van der Waals surface area contributed by atoms with E-state index >= 15 is 0 Å². The third kappa shape index (κ3) is 2.79. The Morgan fingerprint density at radius 1 is 1.21 bits per heavy atom. The second kappa shape index (κ2) is 5.96. The van der Waals surface area contributed by atoms with Crippen molar-refractivity contribution in [1.29, 1.82) is 5.26 Å². The highest BCUT2D eigenvalue weighted by molar-refractivity contribution is 7.89. The molecule has 0 radical (unpaired) electrons. The zero-order valence-electron chi connectivity index (χ0n) is 13.5. The van der Waals surface area contributed by atoms with Crippen molar-refractivity contribution >= 4 is 10.0 Å². The molecule has 1 aromatic heterocycles. The first kappa shape index (κ1) is 16.6. The Kier molecular flexibility index (Phi) is 4.11. The van der Waals surface area contributed by atoms with E-state index in [-0.39, 0.29) is 10.8 Å². The van der Waals surface area contributed by atoms with E-state index < -0.39 is 15.6 Å². The third-order valence-electron chi connectivity index (χ3n) is 4.57. The van der Waals surface area contributed by atoms with E-state index in [0.717, 1.165) is 22.7 Å². The van der Waals surface area contributed by atoms with Crippen LogP contribution >= 0.6 is 0 Å². The minimum atomic E-state index is -3.83. The molecular formula is C17H18N4O2S. The normalized spacial score (nSPS) is 17.2. The molecule has 7 heteroatoms. The predicted molar refractivity (Wildman–Crippen MR) is 89.2 cm³/mol. The van der Waals surface area contributed by atoms with E-state index in [0.29, 0.717) is 5.82 Å². The van der Waals surface area contributed by atoms with Crippen molar-refractivity contribution in [2.24, 2.45) is 5.92 Å². The summed E-state index contributed by atoms with van der Waals surface area (Å²) >= 11 is 0. The Hall–Kier alpha value is -2.30. The first-order valence-electron chi connectivity index (χ1n) is 7.67. The minimum Gasteiger partial charge on any atom is -0.235 e. The van der Waals surface area contributed by atoms with Gasteiger partial charge < -0.3 is 0 Å². The summed E-state index contributed by atoms with van der Waals surface area (Å²) in [6.07, 6.45) is 4.33. The van der Waals surface area contributed by atoms with Crippen LogP contribution < -0.4 is 0 Å². The van der Waals surface area contributed by atoms with Crippen molar-refractivity contribution in [1.82, 2.24) is 14.3 Å². The maximum atomic E-state index is 12.8. The van der Waals surface area contributed by atoms with E-state index in [9.17, 15) is 13.7 Å². The molecule has 1 heterocycles. The Labute approximate surface area is 141 Å². The molecule has 3 rings (SSSR count). The fourth-order valence-electron chi connectivity index (χ4n) is 2.66. The topological polar surface area (TPSA) is 87.0 Å². The van der Waals surface area contributed by atoms with Crippen LogP contribution in [0.5, 0.6) is 0 Å². The second-order valence-electron chi connectivity index (χ2n) is 6.11. The zero-order valence-corrected chi connectivity index (χ0v) is 14.4. The van der Waals surface area contributed by atoms with Gasteiger partial charge in [-0.25, -0.2) is 18.4 Å². The van der Waals surface area contributed by atoms with Gasteiger partial charge in [-0.3, -0.25) is 0 Å². The molecule has 0 amide bonds. The second-order valence-corrected chi connectivity index (χ2v) is 8.08. The molecule has 1 atom stereocenters. The fraction of sp³-hybridized carbons (Fsp3) is 0.353. The fourth-order valence-corrected chi connectivity index (χ4v) is 4.03. The Morgan fingerprint density at radius 3 is 2.29 bits per heavy atom. The number of aromatic nitrogens is 2. The molecule has 0 unspecified atom stereocenters. The maximum Gasteiger partial charge on any atom is 0.247 e. The summed E-state index contributed by atoms with van der Waals surface area (Å²) in [4.78, 5) is 8.32. The maximum absolute atomic E-state index is 12.8. The average Bonchev–Trinajstić information content (AvgIpc) is 3.47. The predicted octanol–water partition coefficient (Wildman–Crippen LogP) is 2.46. The number of hydrogen-bond acceptors (Lipinski definition) is 5. The van der Waals surface area contributed by atoms with Crippen LogP contribution in [0.2, 0.25) is 0 Å². The standard InChI is InChI=1S/C17H18N4O2S/c1-17(12-18,14-8-9-14)21(2)24(22,23)15-10-19-16(20-11-15)13-6-4-3-5-7-13/h3-7,10-11,14H,8-9H2,1-2H3/t17-/m1/s1. The van der Waals surface area contributed by atoms with Crippen molar-refractivity contribution in [3.8, 4) is 17.5 Å². The van der Waals surface area contributed by atoms with Crippen LogP contribution in [0, 0.1) is 17.2 Å². The molecule has 124 valence electrons. The summed E-state index contributed by atoms with van der Waals surface area (Å²) in [6.45, 7) is 1.67. The molecule has 0 aliphatic heterocycles. The number of sulfonamides is 1. The van der Waals surface area contributed by atoms with Crippen LogP contribution in [0.25, 0.3) is 11.4 Å². The summed E-state index contributed by atoms with van der Waals surface area (Å²) < 4.78 is 26.8. The van der Waals surface area contributed by atoms with Crippen LogP contribution in [0.15, 0.2) is 47.6 Å². The molecule has 1 aliphatic rings. The van der Waals surface area contributed by atoms with Crippen molar-refractivity contribution in [2.75, 3.05) is 7.05 Å². The van der Waals surface area contributed by atoms with E-state index in [2.05, 4.69) is 16.0 Å². The quantitative estimate of drug-likeness (QED) is 0.833. The van der Waals surface area contributed by atoms with Gasteiger partial charge in [-0.15, -0.1) is 0 Å². The van der Waals surface area contributed by atoms with Gasteiger partial charge in [0.2, 0.25) is 10.0 Å². The Morgan fingerprint density at radius 2 is 1.79 bits per heavy atom. The molecule has 0 saturated heterocycles. The minimum absolute atomic E-state index is 0.00759. The largest absolute Gasteiger partial charge is 0.247 e. The number of hydrogen-bond donors (Lipinski definition) is 0. The highest BCUT2D eigenvalue weighted by Gasteiger charge is 2.49. The smallest absolute Gasteiger partial charge is 0.235 e. The average molecular weight is 342 g/mol. The monoisotopic (exact) mass is 342 g/mol. The molecule has 0 spiro atoms. The Balaban J connectivity index is 1.92. The number of nitrogens with zero attached hydrogens (tertiary/aromatic N) is 4. The van der Waals surface area contributed by atoms with E-state index in [4.69, 9.17) is 0 Å². The van der Waals surface area contributed by atoms with Gasteiger partial charge in [0.15, 0.2) is 5.82 Å². The number of rotatable bonds is 5. The lowest BCUT2D eigenvalue weighted by molar-refractivity contribution is 0.276. The molecule has 6 nitrogen and oxygen atoms in total. The molecule has 1 saturated carbocycles. The van der Waals surface area contributed by atoms with E-state index in [1.54, 1.807) is 6.92 Å². The van der Waals surface area contributed by atoms with Gasteiger partial charge in [0.25, 0.3) is 0 Å². The lowest BCUT2D eigenvalue weighted by atomic mass is 9.99. The van der Waals surface area contributed by atoms with Crippen molar-refractivity contribution in [3.63, 3.8) is 0 Å². The van der Waals surface area contributed by atoms with Gasteiger partial charge in [-0.2, -0.15) is 9.57 Å². The third-order valence-corrected chi connectivity index (χ3v) is 6.48. The van der Waals surface area contributed by atoms with E-state index in [1.807, 2.05) is 30.3 Å². The highest BCUT2D eigenvalue weighted by atomic mass is 32.2. The zero-order chi connectivity index (χ0) is 17.4. The van der Waals surface area contributed by atoms with Gasteiger partial charge in [0, 0.05) is 12.6 Å². The molecule has 2 aromatic rings. The van der Waals surface area contributed by atoms with Crippen LogP contribution in [0.1, 0.15) is 19.8 Å². The lowest BCUT2D eigenvalue weighted by Crippen LogP contribution is -2.47. The first-order chi connectivity index (χ1) is 11.4. The molecule has 0 N–H and O–H groups in total. The van der Waals surface area contributed by atoms with Gasteiger partial charge in [-0.1, -0.05) is 30.3 Å². The van der Waals surface area contributed by atoms with Crippen LogP contribution in [0.4, 0.5) is 0 Å². The van der Waals surface area contributed by atoms with Crippen LogP contribution in [-0.2, 0) is 10.0 Å².